The number of aromatic nitrogens is 3. The number of hydrogen-bond donors (Lipinski definition) is 3. The van der Waals surface area contributed by atoms with Gasteiger partial charge in [0.15, 0.2) is 11.5 Å². The fraction of sp³-hybridized carbons (Fsp3) is 0.273. The molecule has 1 heterocycles. The molecule has 30 heavy (non-hydrogen) atoms. The first kappa shape index (κ1) is 21.0. The van der Waals surface area contributed by atoms with E-state index in [0.717, 1.165) is 11.1 Å². The molecule has 0 spiro atoms. The molecule has 4 N–H and O–H groups in total. The zero-order chi connectivity index (χ0) is 21.8. The van der Waals surface area contributed by atoms with Gasteiger partial charge in [0, 0.05) is 11.4 Å². The zero-order valence-electron chi connectivity index (χ0n) is 17.6. The third-order valence-corrected chi connectivity index (χ3v) is 4.77. The molecular formula is C22H26N6O2. The Labute approximate surface area is 175 Å². The number of hydrogen-bond acceptors (Lipinski definition) is 5. The van der Waals surface area contributed by atoms with Crippen molar-refractivity contribution in [3.05, 3.63) is 64.8 Å². The number of nitrogen functional groups attached to an aromatic ring is 1. The Morgan fingerprint density at radius 3 is 2.40 bits per heavy atom. The van der Waals surface area contributed by atoms with Crippen molar-refractivity contribution in [1.82, 2.24) is 15.0 Å². The molecule has 0 saturated heterocycles. The van der Waals surface area contributed by atoms with Crippen LogP contribution in [-0.2, 0) is 11.3 Å². The van der Waals surface area contributed by atoms with Crippen LogP contribution in [0, 0.1) is 13.8 Å². The average Bonchev–Trinajstić information content (AvgIpc) is 3.04. The molecule has 2 amide bonds. The van der Waals surface area contributed by atoms with Gasteiger partial charge in [-0.3, -0.25) is 9.59 Å². The van der Waals surface area contributed by atoms with Crippen LogP contribution in [0.25, 0.3) is 0 Å². The number of nitrogens with two attached hydrogens (primary N) is 1. The van der Waals surface area contributed by atoms with Crippen LogP contribution < -0.4 is 16.4 Å². The van der Waals surface area contributed by atoms with Crippen molar-refractivity contribution in [3.8, 4) is 0 Å². The van der Waals surface area contributed by atoms with Crippen molar-refractivity contribution >= 4 is 29.0 Å². The fourth-order valence-corrected chi connectivity index (χ4v) is 3.02. The normalized spacial score (nSPS) is 10.8. The number of nitrogens with one attached hydrogen (secondary N) is 2. The van der Waals surface area contributed by atoms with E-state index in [1.54, 1.807) is 0 Å². The number of anilines is 3. The first-order valence-electron chi connectivity index (χ1n) is 9.72. The van der Waals surface area contributed by atoms with Crippen LogP contribution in [0.4, 0.5) is 17.2 Å². The Morgan fingerprint density at radius 2 is 1.77 bits per heavy atom. The van der Waals surface area contributed by atoms with Gasteiger partial charge in [0.2, 0.25) is 5.91 Å². The Kier molecular flexibility index (Phi) is 6.15. The van der Waals surface area contributed by atoms with Gasteiger partial charge in [-0.2, -0.15) is 0 Å². The molecule has 8 heteroatoms. The standard InChI is InChI=1S/C22H26N6O2/c1-13(2)16-6-8-17(9-7-16)24-19(29)12-28-21(23)20(26-27-28)22(30)25-18-10-5-14(3)11-15(18)4/h5-11,13H,12,23H2,1-4H3,(H,24,29)(H,25,30). The molecule has 0 aliphatic carbocycles. The summed E-state index contributed by atoms with van der Waals surface area (Å²) in [5.41, 5.74) is 10.5. The van der Waals surface area contributed by atoms with Crippen LogP contribution >= 0.6 is 0 Å². The van der Waals surface area contributed by atoms with E-state index in [-0.39, 0.29) is 24.0 Å². The summed E-state index contributed by atoms with van der Waals surface area (Å²) in [4.78, 5) is 24.9. The van der Waals surface area contributed by atoms with Crippen molar-refractivity contribution in [2.24, 2.45) is 0 Å². The van der Waals surface area contributed by atoms with E-state index in [1.165, 1.54) is 10.2 Å². The van der Waals surface area contributed by atoms with Gasteiger partial charge in [-0.1, -0.05) is 48.9 Å². The molecule has 0 atom stereocenters. The van der Waals surface area contributed by atoms with Gasteiger partial charge in [0.05, 0.1) is 0 Å². The summed E-state index contributed by atoms with van der Waals surface area (Å²) in [6.07, 6.45) is 0. The second kappa shape index (κ2) is 8.77. The Balaban J connectivity index is 1.65. The van der Waals surface area contributed by atoms with Gasteiger partial charge in [-0.15, -0.1) is 5.10 Å². The lowest BCUT2D eigenvalue weighted by molar-refractivity contribution is -0.116. The minimum Gasteiger partial charge on any atom is -0.382 e. The summed E-state index contributed by atoms with van der Waals surface area (Å²) in [6.45, 7) is 7.94. The van der Waals surface area contributed by atoms with Crippen LogP contribution in [0.3, 0.4) is 0 Å². The van der Waals surface area contributed by atoms with E-state index in [9.17, 15) is 9.59 Å². The maximum absolute atomic E-state index is 12.5. The summed E-state index contributed by atoms with van der Waals surface area (Å²) >= 11 is 0. The van der Waals surface area contributed by atoms with Gasteiger partial charge in [0.1, 0.15) is 6.54 Å². The quantitative estimate of drug-likeness (QED) is 0.580. The van der Waals surface area contributed by atoms with Gasteiger partial charge >= 0.3 is 0 Å². The molecule has 0 fully saturated rings. The van der Waals surface area contributed by atoms with Crippen molar-refractivity contribution < 1.29 is 9.59 Å². The summed E-state index contributed by atoms with van der Waals surface area (Å²) in [5, 5.41) is 13.3. The highest BCUT2D eigenvalue weighted by Gasteiger charge is 2.19. The summed E-state index contributed by atoms with van der Waals surface area (Å²) in [6, 6.07) is 13.3. The van der Waals surface area contributed by atoms with Crippen molar-refractivity contribution in [2.45, 2.75) is 40.2 Å². The first-order valence-corrected chi connectivity index (χ1v) is 9.72. The highest BCUT2D eigenvalue weighted by atomic mass is 16.2. The SMILES string of the molecule is Cc1ccc(NC(=O)c2nnn(CC(=O)Nc3ccc(C(C)C)cc3)c2N)c(C)c1. The Morgan fingerprint density at radius 1 is 1.07 bits per heavy atom. The van der Waals surface area contributed by atoms with E-state index in [1.807, 2.05) is 56.3 Å². The Hall–Kier alpha value is -3.68. The molecule has 3 aromatic rings. The Bertz CT molecular complexity index is 1070. The average molecular weight is 406 g/mol. The number of nitrogens with zero attached hydrogens (tertiary/aromatic N) is 3. The van der Waals surface area contributed by atoms with Crippen LogP contribution in [0.15, 0.2) is 42.5 Å². The van der Waals surface area contributed by atoms with Crippen molar-refractivity contribution in [3.63, 3.8) is 0 Å². The van der Waals surface area contributed by atoms with E-state index >= 15 is 0 Å². The van der Waals surface area contributed by atoms with Crippen molar-refractivity contribution in [1.29, 1.82) is 0 Å². The molecule has 0 bridgehead atoms. The van der Waals surface area contributed by atoms with E-state index in [0.29, 0.717) is 17.3 Å². The summed E-state index contributed by atoms with van der Waals surface area (Å²) in [7, 11) is 0. The maximum atomic E-state index is 12.5. The monoisotopic (exact) mass is 406 g/mol. The van der Waals surface area contributed by atoms with Gasteiger partial charge in [0.25, 0.3) is 5.91 Å². The number of carbonyl (C=O) groups excluding carboxylic acids is 2. The zero-order valence-corrected chi connectivity index (χ0v) is 17.6. The molecule has 0 aliphatic rings. The lowest BCUT2D eigenvalue weighted by Gasteiger charge is -2.09. The predicted octanol–water partition coefficient (Wildman–Crippen LogP) is 3.49. The molecule has 1 aromatic heterocycles. The minimum atomic E-state index is -0.476. The second-order valence-corrected chi connectivity index (χ2v) is 7.58. The molecular weight excluding hydrogens is 380 g/mol. The summed E-state index contributed by atoms with van der Waals surface area (Å²) < 4.78 is 1.20. The molecule has 3 rings (SSSR count). The highest BCUT2D eigenvalue weighted by molar-refractivity contribution is 6.06. The van der Waals surface area contributed by atoms with Crippen molar-refractivity contribution in [2.75, 3.05) is 16.4 Å². The van der Waals surface area contributed by atoms with Crippen LogP contribution in [0.1, 0.15) is 46.9 Å². The molecule has 156 valence electrons. The van der Waals surface area contributed by atoms with Crippen LogP contribution in [0.5, 0.6) is 0 Å². The minimum absolute atomic E-state index is 0.0240. The number of carbonyl (C=O) groups is 2. The van der Waals surface area contributed by atoms with Gasteiger partial charge in [-0.05, 0) is 49.1 Å². The molecule has 0 unspecified atom stereocenters. The highest BCUT2D eigenvalue weighted by Crippen LogP contribution is 2.19. The molecule has 0 radical (unpaired) electrons. The molecule has 0 saturated carbocycles. The number of amides is 2. The van der Waals surface area contributed by atoms with E-state index in [4.69, 9.17) is 5.73 Å². The van der Waals surface area contributed by atoms with Crippen LogP contribution in [-0.4, -0.2) is 26.8 Å². The lowest BCUT2D eigenvalue weighted by Crippen LogP contribution is -2.21. The maximum Gasteiger partial charge on any atom is 0.280 e. The van der Waals surface area contributed by atoms with Gasteiger partial charge in [-0.25, -0.2) is 4.68 Å². The molecule has 2 aromatic carbocycles. The second-order valence-electron chi connectivity index (χ2n) is 7.58. The third-order valence-electron chi connectivity index (χ3n) is 4.77. The van der Waals surface area contributed by atoms with E-state index < -0.39 is 5.91 Å². The molecule has 0 aliphatic heterocycles. The topological polar surface area (TPSA) is 115 Å². The smallest absolute Gasteiger partial charge is 0.280 e. The number of rotatable bonds is 6. The largest absolute Gasteiger partial charge is 0.382 e. The number of benzene rings is 2. The fourth-order valence-electron chi connectivity index (χ4n) is 3.02. The molecule has 8 nitrogen and oxygen atoms in total. The predicted molar refractivity (Wildman–Crippen MR) is 117 cm³/mol. The number of aryl methyl sites for hydroxylation is 2. The third kappa shape index (κ3) is 4.83. The summed E-state index contributed by atoms with van der Waals surface area (Å²) in [5.74, 6) is -0.346. The lowest BCUT2D eigenvalue weighted by atomic mass is 10.0. The first-order chi connectivity index (χ1) is 14.2. The van der Waals surface area contributed by atoms with Gasteiger partial charge < -0.3 is 16.4 Å². The van der Waals surface area contributed by atoms with Crippen LogP contribution in [0.2, 0.25) is 0 Å². The van der Waals surface area contributed by atoms with E-state index in [2.05, 4.69) is 34.8 Å².